The van der Waals surface area contributed by atoms with Crippen LogP contribution < -0.4 is 10.3 Å². The van der Waals surface area contributed by atoms with Gasteiger partial charge in [0.25, 0.3) is 5.56 Å². The standard InChI is InChI=1S/C21H18N6O2/c1-13-4-3-5-19(24-13)29-15-6-7-16-17-11-23-27(12-14-8-9-22-25-14)21(28)20(17)26(2)18(16)10-15/h3-11H,12H2,1-2H3,(H,22,25). The Morgan fingerprint density at radius 1 is 1.14 bits per heavy atom. The van der Waals surface area contributed by atoms with Gasteiger partial charge >= 0.3 is 0 Å². The molecule has 0 saturated heterocycles. The van der Waals surface area contributed by atoms with Gasteiger partial charge in [-0.2, -0.15) is 10.2 Å². The summed E-state index contributed by atoms with van der Waals surface area (Å²) < 4.78 is 9.22. The van der Waals surface area contributed by atoms with E-state index in [0.29, 0.717) is 23.7 Å². The number of aromatic nitrogens is 6. The van der Waals surface area contributed by atoms with Gasteiger partial charge in [-0.05, 0) is 31.2 Å². The van der Waals surface area contributed by atoms with Crippen LogP contribution in [0.1, 0.15) is 11.4 Å². The van der Waals surface area contributed by atoms with Crippen molar-refractivity contribution in [3.8, 4) is 11.6 Å². The Kier molecular flexibility index (Phi) is 3.90. The number of nitrogens with one attached hydrogen (secondary N) is 1. The Bertz CT molecular complexity index is 1400. The van der Waals surface area contributed by atoms with Crippen LogP contribution >= 0.6 is 0 Å². The van der Waals surface area contributed by atoms with E-state index >= 15 is 0 Å². The van der Waals surface area contributed by atoms with Gasteiger partial charge in [0.05, 0.1) is 24.0 Å². The van der Waals surface area contributed by atoms with Crippen LogP contribution in [0.15, 0.2) is 59.7 Å². The molecule has 0 amide bonds. The monoisotopic (exact) mass is 386 g/mol. The number of benzene rings is 1. The van der Waals surface area contributed by atoms with Crippen molar-refractivity contribution in [3.05, 3.63) is 76.6 Å². The molecule has 1 aromatic carbocycles. The number of fused-ring (bicyclic) bond motifs is 3. The minimum absolute atomic E-state index is 0.154. The smallest absolute Gasteiger partial charge is 0.291 e. The summed E-state index contributed by atoms with van der Waals surface area (Å²) in [6.07, 6.45) is 3.39. The summed E-state index contributed by atoms with van der Waals surface area (Å²) in [6.45, 7) is 2.25. The summed E-state index contributed by atoms with van der Waals surface area (Å²) in [5.41, 5.74) is 3.04. The van der Waals surface area contributed by atoms with Crippen LogP contribution in [0.2, 0.25) is 0 Å². The molecule has 0 unspecified atom stereocenters. The van der Waals surface area contributed by atoms with Gasteiger partial charge in [0.1, 0.15) is 11.3 Å². The summed E-state index contributed by atoms with van der Waals surface area (Å²) in [5, 5.41) is 12.9. The van der Waals surface area contributed by atoms with E-state index in [-0.39, 0.29) is 5.56 Å². The molecule has 0 bridgehead atoms. The molecule has 0 fully saturated rings. The Hall–Kier alpha value is -3.94. The summed E-state index contributed by atoms with van der Waals surface area (Å²) in [6, 6.07) is 13.2. The van der Waals surface area contributed by atoms with Gasteiger partial charge in [-0.15, -0.1) is 0 Å². The number of aromatic amines is 1. The molecule has 8 nitrogen and oxygen atoms in total. The topological polar surface area (TPSA) is 90.6 Å². The minimum atomic E-state index is -0.154. The fourth-order valence-corrected chi connectivity index (χ4v) is 3.54. The lowest BCUT2D eigenvalue weighted by Gasteiger charge is -2.06. The molecule has 5 rings (SSSR count). The molecular weight excluding hydrogens is 368 g/mol. The fourth-order valence-electron chi connectivity index (χ4n) is 3.54. The highest BCUT2D eigenvalue weighted by molar-refractivity contribution is 6.07. The first kappa shape index (κ1) is 17.2. The zero-order valence-corrected chi connectivity index (χ0v) is 16.0. The van der Waals surface area contributed by atoms with E-state index in [2.05, 4.69) is 20.3 Å². The molecule has 0 atom stereocenters. The minimum Gasteiger partial charge on any atom is -0.439 e. The van der Waals surface area contributed by atoms with Crippen LogP contribution in [0.3, 0.4) is 0 Å². The molecule has 0 saturated carbocycles. The third-order valence-electron chi connectivity index (χ3n) is 4.94. The number of hydrogen-bond donors (Lipinski definition) is 1. The van der Waals surface area contributed by atoms with E-state index in [1.165, 1.54) is 4.68 Å². The van der Waals surface area contributed by atoms with Gasteiger partial charge in [-0.1, -0.05) is 6.07 Å². The van der Waals surface area contributed by atoms with Crippen LogP contribution in [0.5, 0.6) is 11.6 Å². The largest absolute Gasteiger partial charge is 0.439 e. The molecule has 1 N–H and O–H groups in total. The number of rotatable bonds is 4. The van der Waals surface area contributed by atoms with E-state index in [1.54, 1.807) is 12.4 Å². The van der Waals surface area contributed by atoms with Crippen molar-refractivity contribution in [1.29, 1.82) is 0 Å². The first-order valence-corrected chi connectivity index (χ1v) is 9.18. The molecule has 29 heavy (non-hydrogen) atoms. The fraction of sp³-hybridized carbons (Fsp3) is 0.143. The van der Waals surface area contributed by atoms with Crippen LogP contribution in [0.25, 0.3) is 21.8 Å². The lowest BCUT2D eigenvalue weighted by molar-refractivity contribution is 0.462. The average molecular weight is 386 g/mol. The maximum absolute atomic E-state index is 13.1. The lowest BCUT2D eigenvalue weighted by Crippen LogP contribution is -2.24. The Morgan fingerprint density at radius 2 is 2.03 bits per heavy atom. The number of aryl methyl sites for hydroxylation is 2. The highest BCUT2D eigenvalue weighted by Crippen LogP contribution is 2.30. The van der Waals surface area contributed by atoms with Gasteiger partial charge in [0.15, 0.2) is 0 Å². The third-order valence-corrected chi connectivity index (χ3v) is 4.94. The second kappa shape index (κ2) is 6.59. The van der Waals surface area contributed by atoms with Crippen LogP contribution in [0.4, 0.5) is 0 Å². The van der Waals surface area contributed by atoms with Crippen LogP contribution in [0, 0.1) is 6.92 Å². The molecule has 4 heterocycles. The van der Waals surface area contributed by atoms with Crippen LogP contribution in [-0.2, 0) is 13.6 Å². The number of H-pyrrole nitrogens is 1. The van der Waals surface area contributed by atoms with Gasteiger partial charge in [0, 0.05) is 41.8 Å². The number of nitrogens with zero attached hydrogens (tertiary/aromatic N) is 5. The van der Waals surface area contributed by atoms with Crippen LogP contribution in [-0.4, -0.2) is 29.5 Å². The van der Waals surface area contributed by atoms with Crippen molar-refractivity contribution in [3.63, 3.8) is 0 Å². The first-order valence-electron chi connectivity index (χ1n) is 9.18. The molecule has 0 aliphatic heterocycles. The zero-order chi connectivity index (χ0) is 20.0. The first-order chi connectivity index (χ1) is 14.1. The Labute approximate surface area is 165 Å². The van der Waals surface area contributed by atoms with Gasteiger partial charge in [-0.25, -0.2) is 9.67 Å². The lowest BCUT2D eigenvalue weighted by atomic mass is 10.2. The van der Waals surface area contributed by atoms with Crippen molar-refractivity contribution in [2.45, 2.75) is 13.5 Å². The predicted octanol–water partition coefficient (Wildman–Crippen LogP) is 3.16. The normalized spacial score (nSPS) is 11.4. The molecule has 0 radical (unpaired) electrons. The van der Waals surface area contributed by atoms with Crippen molar-refractivity contribution in [2.75, 3.05) is 0 Å². The highest BCUT2D eigenvalue weighted by Gasteiger charge is 2.15. The van der Waals surface area contributed by atoms with E-state index in [4.69, 9.17) is 4.74 Å². The number of hydrogen-bond acceptors (Lipinski definition) is 5. The molecule has 0 spiro atoms. The van der Waals surface area contributed by atoms with E-state index in [0.717, 1.165) is 27.7 Å². The van der Waals surface area contributed by atoms with Crippen molar-refractivity contribution >= 4 is 21.8 Å². The molecule has 0 aliphatic carbocycles. The summed E-state index contributed by atoms with van der Waals surface area (Å²) >= 11 is 0. The Morgan fingerprint density at radius 3 is 2.83 bits per heavy atom. The van der Waals surface area contributed by atoms with Gasteiger partial charge in [0.2, 0.25) is 5.88 Å². The second-order valence-corrected chi connectivity index (χ2v) is 6.91. The van der Waals surface area contributed by atoms with Gasteiger partial charge < -0.3 is 9.30 Å². The number of pyridine rings is 1. The summed E-state index contributed by atoms with van der Waals surface area (Å²) in [5.74, 6) is 1.19. The number of ether oxygens (including phenoxy) is 1. The van der Waals surface area contributed by atoms with E-state index in [9.17, 15) is 4.79 Å². The van der Waals surface area contributed by atoms with Crippen molar-refractivity contribution in [1.82, 2.24) is 29.5 Å². The molecule has 8 heteroatoms. The van der Waals surface area contributed by atoms with Crippen molar-refractivity contribution in [2.24, 2.45) is 7.05 Å². The maximum atomic E-state index is 13.1. The zero-order valence-electron chi connectivity index (χ0n) is 16.0. The van der Waals surface area contributed by atoms with Gasteiger partial charge in [-0.3, -0.25) is 9.89 Å². The molecule has 0 aliphatic rings. The molecular formula is C21H18N6O2. The quantitative estimate of drug-likeness (QED) is 0.512. The highest BCUT2D eigenvalue weighted by atomic mass is 16.5. The molecule has 4 aromatic heterocycles. The Balaban J connectivity index is 1.61. The van der Waals surface area contributed by atoms with E-state index < -0.39 is 0 Å². The van der Waals surface area contributed by atoms with E-state index in [1.807, 2.05) is 61.0 Å². The maximum Gasteiger partial charge on any atom is 0.291 e. The molecule has 144 valence electrons. The third kappa shape index (κ3) is 2.94. The summed E-state index contributed by atoms with van der Waals surface area (Å²) in [4.78, 5) is 17.4. The second-order valence-electron chi connectivity index (χ2n) is 6.91. The molecule has 5 aromatic rings. The summed E-state index contributed by atoms with van der Waals surface area (Å²) in [7, 11) is 1.88. The SMILES string of the molecule is Cc1cccc(Oc2ccc3c4cnn(Cc5ccn[nH]5)c(=O)c4n(C)c3c2)n1. The van der Waals surface area contributed by atoms with Crippen molar-refractivity contribution < 1.29 is 4.74 Å². The predicted molar refractivity (Wildman–Crippen MR) is 109 cm³/mol. The average Bonchev–Trinajstić information content (AvgIpc) is 3.31.